The molecule has 0 fully saturated rings. The van der Waals surface area contributed by atoms with E-state index in [9.17, 15) is 24.5 Å². The number of nitro groups is 1. The minimum absolute atomic E-state index is 0.0477. The van der Waals surface area contributed by atoms with Crippen LogP contribution in [-0.2, 0) is 35.7 Å². The molecule has 8 nitrogen and oxygen atoms in total. The molecular formula is C21H21NO7. The average Bonchev–Trinajstić information content (AvgIpc) is 2.69. The van der Waals surface area contributed by atoms with E-state index in [1.165, 1.54) is 18.2 Å². The van der Waals surface area contributed by atoms with E-state index < -0.39 is 28.9 Å². The standard InChI is InChI=1S/C21H21NO7/c1-3-28-20(25)21(13-23,17-7-5-4-6-8-17)14-29-19(24)12-16-9-10-18(22(26)27)15(2)11-16/h4-11,13H,3,12,14H2,1-2H3. The summed E-state index contributed by atoms with van der Waals surface area (Å²) < 4.78 is 10.3. The van der Waals surface area contributed by atoms with Crippen molar-refractivity contribution >= 4 is 23.9 Å². The van der Waals surface area contributed by atoms with Crippen LogP contribution < -0.4 is 0 Å². The van der Waals surface area contributed by atoms with Crippen LogP contribution in [0.25, 0.3) is 0 Å². The zero-order valence-corrected chi connectivity index (χ0v) is 16.1. The van der Waals surface area contributed by atoms with Crippen LogP contribution in [0.15, 0.2) is 48.5 Å². The number of ether oxygens (including phenoxy) is 2. The van der Waals surface area contributed by atoms with E-state index in [0.29, 0.717) is 23.0 Å². The summed E-state index contributed by atoms with van der Waals surface area (Å²) in [5.74, 6) is -1.48. The van der Waals surface area contributed by atoms with Gasteiger partial charge in [-0.1, -0.05) is 36.4 Å². The van der Waals surface area contributed by atoms with Gasteiger partial charge in [0.05, 0.1) is 18.0 Å². The number of benzene rings is 2. The van der Waals surface area contributed by atoms with Gasteiger partial charge >= 0.3 is 11.9 Å². The van der Waals surface area contributed by atoms with Crippen LogP contribution in [-0.4, -0.2) is 36.4 Å². The average molecular weight is 399 g/mol. The smallest absolute Gasteiger partial charge is 0.327 e. The minimum Gasteiger partial charge on any atom is -0.465 e. The van der Waals surface area contributed by atoms with Crippen molar-refractivity contribution in [3.63, 3.8) is 0 Å². The van der Waals surface area contributed by atoms with Gasteiger partial charge in [-0.15, -0.1) is 0 Å². The van der Waals surface area contributed by atoms with Gasteiger partial charge in [0.25, 0.3) is 5.69 Å². The maximum atomic E-state index is 12.5. The minimum atomic E-state index is -1.77. The molecule has 152 valence electrons. The number of hydrogen-bond acceptors (Lipinski definition) is 7. The predicted molar refractivity (Wildman–Crippen MR) is 103 cm³/mol. The van der Waals surface area contributed by atoms with Crippen LogP contribution in [0, 0.1) is 17.0 Å². The summed E-state index contributed by atoms with van der Waals surface area (Å²) in [5, 5.41) is 10.9. The number of nitro benzene ring substituents is 1. The molecule has 0 spiro atoms. The van der Waals surface area contributed by atoms with Crippen LogP contribution in [0.4, 0.5) is 5.69 Å². The summed E-state index contributed by atoms with van der Waals surface area (Å²) in [7, 11) is 0. The second-order valence-corrected chi connectivity index (χ2v) is 6.39. The molecule has 1 atom stereocenters. The number of hydrogen-bond donors (Lipinski definition) is 0. The maximum Gasteiger partial charge on any atom is 0.327 e. The molecule has 0 radical (unpaired) electrons. The second kappa shape index (κ2) is 9.59. The maximum absolute atomic E-state index is 12.5. The molecule has 2 aromatic carbocycles. The number of carbonyl (C=O) groups is 3. The van der Waals surface area contributed by atoms with E-state index in [4.69, 9.17) is 9.47 Å². The molecular weight excluding hydrogens is 378 g/mol. The number of aldehydes is 1. The Hall–Kier alpha value is -3.55. The van der Waals surface area contributed by atoms with Crippen molar-refractivity contribution in [2.24, 2.45) is 0 Å². The molecule has 2 aromatic rings. The molecule has 0 aliphatic heterocycles. The molecule has 0 saturated carbocycles. The molecule has 0 aliphatic rings. The van der Waals surface area contributed by atoms with Gasteiger partial charge in [0.15, 0.2) is 5.41 Å². The molecule has 0 amide bonds. The number of rotatable bonds is 9. The lowest BCUT2D eigenvalue weighted by Crippen LogP contribution is -2.44. The van der Waals surface area contributed by atoms with E-state index in [1.807, 2.05) is 0 Å². The second-order valence-electron chi connectivity index (χ2n) is 6.39. The Bertz CT molecular complexity index is 911. The van der Waals surface area contributed by atoms with Crippen LogP contribution in [0.2, 0.25) is 0 Å². The molecule has 29 heavy (non-hydrogen) atoms. The highest BCUT2D eigenvalue weighted by molar-refractivity contribution is 6.00. The van der Waals surface area contributed by atoms with E-state index in [2.05, 4.69) is 0 Å². The lowest BCUT2D eigenvalue weighted by Gasteiger charge is -2.25. The monoisotopic (exact) mass is 399 g/mol. The molecule has 0 N–H and O–H groups in total. The van der Waals surface area contributed by atoms with Crippen molar-refractivity contribution in [2.45, 2.75) is 25.7 Å². The zero-order chi connectivity index (χ0) is 21.4. The SMILES string of the molecule is CCOC(=O)C(C=O)(COC(=O)Cc1ccc([N+](=O)[O-])c(C)c1)c1ccccc1. The zero-order valence-electron chi connectivity index (χ0n) is 16.1. The van der Waals surface area contributed by atoms with Gasteiger partial charge in [-0.2, -0.15) is 0 Å². The quantitative estimate of drug-likeness (QED) is 0.209. The topological polar surface area (TPSA) is 113 Å². The summed E-state index contributed by atoms with van der Waals surface area (Å²) in [5.41, 5.74) is -0.525. The summed E-state index contributed by atoms with van der Waals surface area (Å²) in [6, 6.07) is 12.5. The van der Waals surface area contributed by atoms with Gasteiger partial charge in [-0.3, -0.25) is 19.7 Å². The van der Waals surface area contributed by atoms with Crippen molar-refractivity contribution in [1.29, 1.82) is 0 Å². The molecule has 0 aliphatic carbocycles. The van der Waals surface area contributed by atoms with Gasteiger partial charge in [0.1, 0.15) is 12.9 Å². The van der Waals surface area contributed by atoms with E-state index in [1.54, 1.807) is 44.2 Å². The van der Waals surface area contributed by atoms with Crippen LogP contribution in [0.1, 0.15) is 23.6 Å². The van der Waals surface area contributed by atoms with Crippen LogP contribution in [0.5, 0.6) is 0 Å². The summed E-state index contributed by atoms with van der Waals surface area (Å²) in [4.78, 5) is 47.1. The number of esters is 2. The van der Waals surface area contributed by atoms with Crippen molar-refractivity contribution in [3.8, 4) is 0 Å². The first-order chi connectivity index (χ1) is 13.8. The fraction of sp³-hybridized carbons (Fsp3) is 0.286. The number of carbonyl (C=O) groups excluding carboxylic acids is 3. The lowest BCUT2D eigenvalue weighted by molar-refractivity contribution is -0.385. The van der Waals surface area contributed by atoms with E-state index >= 15 is 0 Å². The van der Waals surface area contributed by atoms with Crippen LogP contribution >= 0.6 is 0 Å². The third kappa shape index (κ3) is 5.04. The summed E-state index contributed by atoms with van der Waals surface area (Å²) in [6.07, 6.45) is 0.259. The fourth-order valence-corrected chi connectivity index (χ4v) is 2.85. The van der Waals surface area contributed by atoms with Crippen molar-refractivity contribution < 1.29 is 28.8 Å². The highest BCUT2D eigenvalue weighted by Gasteiger charge is 2.43. The van der Waals surface area contributed by atoms with Gasteiger partial charge < -0.3 is 14.3 Å². The number of aryl methyl sites for hydroxylation is 1. The fourth-order valence-electron chi connectivity index (χ4n) is 2.85. The Morgan fingerprint density at radius 3 is 2.38 bits per heavy atom. The first-order valence-corrected chi connectivity index (χ1v) is 8.92. The van der Waals surface area contributed by atoms with Gasteiger partial charge in [-0.25, -0.2) is 0 Å². The van der Waals surface area contributed by atoms with Crippen molar-refractivity contribution in [1.82, 2.24) is 0 Å². The normalized spacial score (nSPS) is 12.5. The lowest BCUT2D eigenvalue weighted by atomic mass is 9.82. The Kier molecular flexibility index (Phi) is 7.19. The van der Waals surface area contributed by atoms with Gasteiger partial charge in [0.2, 0.25) is 0 Å². The first kappa shape index (κ1) is 21.7. The molecule has 0 heterocycles. The van der Waals surface area contributed by atoms with E-state index in [0.717, 1.165) is 0 Å². The largest absolute Gasteiger partial charge is 0.465 e. The molecule has 0 aromatic heterocycles. The highest BCUT2D eigenvalue weighted by atomic mass is 16.6. The summed E-state index contributed by atoms with van der Waals surface area (Å²) in [6.45, 7) is 2.74. The Morgan fingerprint density at radius 1 is 1.14 bits per heavy atom. The van der Waals surface area contributed by atoms with Gasteiger partial charge in [0, 0.05) is 11.6 Å². The molecule has 1 unspecified atom stereocenters. The first-order valence-electron chi connectivity index (χ1n) is 8.92. The molecule has 0 saturated heterocycles. The third-order valence-corrected chi connectivity index (χ3v) is 4.40. The predicted octanol–water partition coefficient (Wildman–Crippen LogP) is 2.69. The molecule has 8 heteroatoms. The van der Waals surface area contributed by atoms with Crippen molar-refractivity contribution in [2.75, 3.05) is 13.2 Å². The third-order valence-electron chi connectivity index (χ3n) is 4.40. The van der Waals surface area contributed by atoms with Crippen LogP contribution in [0.3, 0.4) is 0 Å². The summed E-state index contributed by atoms with van der Waals surface area (Å²) >= 11 is 0. The number of nitrogens with zero attached hydrogens (tertiary/aromatic N) is 1. The van der Waals surface area contributed by atoms with Gasteiger partial charge in [-0.05, 0) is 31.0 Å². The Labute approximate surface area is 167 Å². The van der Waals surface area contributed by atoms with Crippen molar-refractivity contribution in [3.05, 3.63) is 75.3 Å². The highest BCUT2D eigenvalue weighted by Crippen LogP contribution is 2.25. The van der Waals surface area contributed by atoms with E-state index in [-0.39, 0.29) is 18.7 Å². The Balaban J connectivity index is 2.17. The Morgan fingerprint density at radius 2 is 1.83 bits per heavy atom. The molecule has 0 bridgehead atoms. The molecule has 2 rings (SSSR count).